The lowest BCUT2D eigenvalue weighted by atomic mass is 10.4. The van der Waals surface area contributed by atoms with Gasteiger partial charge in [-0.05, 0) is 12.1 Å². The number of carbonyl (C=O) groups excluding carboxylic acids is 1. The fourth-order valence-corrected chi connectivity index (χ4v) is 0.988. The van der Waals surface area contributed by atoms with E-state index in [1.165, 1.54) is 14.1 Å². The highest BCUT2D eigenvalue weighted by Gasteiger charge is 2.02. The second kappa shape index (κ2) is 8.71. The maximum absolute atomic E-state index is 10.4. The number of hydrogen-bond acceptors (Lipinski definition) is 5. The standard InChI is InChI=1S/C6H5Br.C3H6N2O4S/c7-6-4-2-1-3-5-6;1-5(2)3(6)9-4-10(7)8/h1-5H;1-2H3. The van der Waals surface area contributed by atoms with Crippen LogP contribution >= 0.6 is 15.9 Å². The molecular weight excluding hydrogens is 312 g/mol. The third-order valence-corrected chi connectivity index (χ3v) is 2.00. The van der Waals surface area contributed by atoms with Crippen molar-refractivity contribution < 1.29 is 18.0 Å². The summed E-state index contributed by atoms with van der Waals surface area (Å²) in [6.07, 6.45) is -0.829. The highest BCUT2D eigenvalue weighted by molar-refractivity contribution is 9.10. The van der Waals surface area contributed by atoms with Gasteiger partial charge in [0.15, 0.2) is 0 Å². The smallest absolute Gasteiger partial charge is 0.312 e. The summed E-state index contributed by atoms with van der Waals surface area (Å²) in [7, 11) is 0.119. The third-order valence-electron chi connectivity index (χ3n) is 1.27. The van der Waals surface area contributed by atoms with Crippen molar-refractivity contribution in [2.24, 2.45) is 4.53 Å². The lowest BCUT2D eigenvalue weighted by Gasteiger charge is -2.03. The SMILES string of the molecule is Brc1ccccc1.CN(C)C(=O)ON=S(=O)=O. The Morgan fingerprint density at radius 2 is 1.82 bits per heavy atom. The number of amides is 1. The molecule has 1 aromatic carbocycles. The molecular formula is C9H11BrN2O4S. The number of halogens is 1. The fourth-order valence-electron chi connectivity index (χ4n) is 0.559. The van der Waals surface area contributed by atoms with E-state index in [4.69, 9.17) is 0 Å². The van der Waals surface area contributed by atoms with Crippen molar-refractivity contribution >= 4 is 32.5 Å². The topological polar surface area (TPSA) is 76.0 Å². The van der Waals surface area contributed by atoms with Crippen LogP contribution in [0.15, 0.2) is 39.3 Å². The molecule has 0 saturated heterocycles. The van der Waals surface area contributed by atoms with E-state index in [0.717, 1.165) is 9.37 Å². The van der Waals surface area contributed by atoms with Crippen molar-refractivity contribution in [2.75, 3.05) is 14.1 Å². The molecule has 0 unspecified atom stereocenters. The Morgan fingerprint density at radius 1 is 1.29 bits per heavy atom. The lowest BCUT2D eigenvalue weighted by Crippen LogP contribution is -2.20. The maximum atomic E-state index is 10.4. The van der Waals surface area contributed by atoms with Crippen LogP contribution in [0.4, 0.5) is 4.79 Å². The molecule has 0 heterocycles. The lowest BCUT2D eigenvalue weighted by molar-refractivity contribution is 0.124. The maximum Gasteiger partial charge on any atom is 0.436 e. The van der Waals surface area contributed by atoms with Gasteiger partial charge < -0.3 is 4.90 Å². The number of rotatable bonds is 1. The van der Waals surface area contributed by atoms with Gasteiger partial charge in [-0.25, -0.2) is 4.79 Å². The summed E-state index contributed by atoms with van der Waals surface area (Å²) in [5, 5.41) is 0. The highest BCUT2D eigenvalue weighted by atomic mass is 79.9. The Morgan fingerprint density at radius 3 is 2.12 bits per heavy atom. The molecule has 6 nitrogen and oxygen atoms in total. The Hall–Kier alpha value is -1.41. The summed E-state index contributed by atoms with van der Waals surface area (Å²) in [6.45, 7) is 0. The minimum absolute atomic E-state index is 0.829. The molecule has 1 amide bonds. The minimum atomic E-state index is -2.70. The summed E-state index contributed by atoms with van der Waals surface area (Å²) in [6, 6.07) is 9.97. The molecule has 0 N–H and O–H groups in total. The van der Waals surface area contributed by atoms with Crippen LogP contribution < -0.4 is 0 Å². The van der Waals surface area contributed by atoms with Crippen molar-refractivity contribution in [3.05, 3.63) is 34.8 Å². The van der Waals surface area contributed by atoms with Gasteiger partial charge in [0.2, 0.25) is 0 Å². The molecule has 0 spiro atoms. The van der Waals surface area contributed by atoms with E-state index in [0.29, 0.717) is 0 Å². The first-order valence-electron chi connectivity index (χ1n) is 4.32. The molecule has 0 aliphatic rings. The molecule has 0 atom stereocenters. The van der Waals surface area contributed by atoms with E-state index >= 15 is 0 Å². The van der Waals surface area contributed by atoms with Crippen molar-refractivity contribution in [3.8, 4) is 0 Å². The number of nitrogens with zero attached hydrogens (tertiary/aromatic N) is 2. The molecule has 0 aromatic heterocycles. The molecule has 0 fully saturated rings. The third kappa shape index (κ3) is 9.52. The van der Waals surface area contributed by atoms with E-state index in [-0.39, 0.29) is 0 Å². The van der Waals surface area contributed by atoms with Gasteiger partial charge in [0.1, 0.15) is 0 Å². The van der Waals surface area contributed by atoms with Gasteiger partial charge in [-0.15, -0.1) is 0 Å². The highest BCUT2D eigenvalue weighted by Crippen LogP contribution is 2.05. The van der Waals surface area contributed by atoms with Crippen molar-refractivity contribution in [2.45, 2.75) is 0 Å². The zero-order valence-electron chi connectivity index (χ0n) is 9.20. The van der Waals surface area contributed by atoms with Crippen molar-refractivity contribution in [3.63, 3.8) is 0 Å². The second-order valence-electron chi connectivity index (χ2n) is 2.84. The number of hydrogen-bond donors (Lipinski definition) is 0. The minimum Gasteiger partial charge on any atom is -0.312 e. The molecule has 0 aliphatic carbocycles. The monoisotopic (exact) mass is 322 g/mol. The molecule has 0 saturated carbocycles. The van der Waals surface area contributed by atoms with Gasteiger partial charge in [0.05, 0.1) is 4.53 Å². The average Bonchev–Trinajstić information content (AvgIpc) is 2.27. The molecule has 0 radical (unpaired) electrons. The molecule has 0 bridgehead atoms. The van der Waals surface area contributed by atoms with Crippen molar-refractivity contribution in [1.29, 1.82) is 0 Å². The molecule has 1 rings (SSSR count). The second-order valence-corrected chi connectivity index (χ2v) is 4.34. The van der Waals surface area contributed by atoms with E-state index in [2.05, 4.69) is 25.3 Å². The van der Waals surface area contributed by atoms with Crippen LogP contribution in [0.3, 0.4) is 0 Å². The Kier molecular flexibility index (Phi) is 7.99. The van der Waals surface area contributed by atoms with Gasteiger partial charge in [-0.2, -0.15) is 8.42 Å². The van der Waals surface area contributed by atoms with Gasteiger partial charge in [0.25, 0.3) is 0 Å². The summed E-state index contributed by atoms with van der Waals surface area (Å²) < 4.78 is 22.9. The first-order valence-corrected chi connectivity index (χ1v) is 6.15. The normalized spacial score (nSPS) is 8.41. The molecule has 17 heavy (non-hydrogen) atoms. The van der Waals surface area contributed by atoms with Gasteiger partial charge >= 0.3 is 16.6 Å². The Balaban J connectivity index is 0.000000318. The molecule has 1 aromatic rings. The predicted molar refractivity (Wildman–Crippen MR) is 65.7 cm³/mol. The zero-order chi connectivity index (χ0) is 13.3. The van der Waals surface area contributed by atoms with Crippen LogP contribution in [0, 0.1) is 0 Å². The summed E-state index contributed by atoms with van der Waals surface area (Å²) in [5.41, 5.74) is 0. The molecule has 8 heteroatoms. The van der Waals surface area contributed by atoms with E-state index < -0.39 is 16.6 Å². The van der Waals surface area contributed by atoms with E-state index in [9.17, 15) is 13.2 Å². The fraction of sp³-hybridized carbons (Fsp3) is 0.222. The average molecular weight is 323 g/mol. The quantitative estimate of drug-likeness (QED) is 0.742. The van der Waals surface area contributed by atoms with E-state index in [1.54, 1.807) is 0 Å². The first kappa shape index (κ1) is 15.6. The Bertz CT molecular complexity index is 465. The van der Waals surface area contributed by atoms with Gasteiger partial charge in [-0.1, -0.05) is 34.1 Å². The Labute approximate surface area is 109 Å². The van der Waals surface area contributed by atoms with E-state index in [1.807, 2.05) is 30.3 Å². The molecule has 0 aliphatic heterocycles. The predicted octanol–water partition coefficient (Wildman–Crippen LogP) is 2.11. The van der Waals surface area contributed by atoms with Crippen molar-refractivity contribution in [1.82, 2.24) is 4.90 Å². The first-order chi connectivity index (χ1) is 7.93. The van der Waals surface area contributed by atoms with Crippen LogP contribution in [0.2, 0.25) is 0 Å². The summed E-state index contributed by atoms with van der Waals surface area (Å²) >= 11 is 3.31. The summed E-state index contributed by atoms with van der Waals surface area (Å²) in [4.78, 5) is 15.3. The van der Waals surface area contributed by atoms with Crippen LogP contribution in [0.25, 0.3) is 0 Å². The summed E-state index contributed by atoms with van der Waals surface area (Å²) in [5.74, 6) is 0. The van der Waals surface area contributed by atoms with Gasteiger partial charge in [0, 0.05) is 18.6 Å². The largest absolute Gasteiger partial charge is 0.436 e. The van der Waals surface area contributed by atoms with Crippen LogP contribution in [0.1, 0.15) is 0 Å². The molecule has 94 valence electrons. The van der Waals surface area contributed by atoms with Crippen LogP contribution in [-0.4, -0.2) is 33.5 Å². The van der Waals surface area contributed by atoms with Crippen LogP contribution in [-0.2, 0) is 15.3 Å². The van der Waals surface area contributed by atoms with Gasteiger partial charge in [-0.3, -0.25) is 4.84 Å². The zero-order valence-corrected chi connectivity index (χ0v) is 11.6. The number of carbonyl (C=O) groups is 1. The number of benzene rings is 1. The van der Waals surface area contributed by atoms with Crippen LogP contribution in [0.5, 0.6) is 0 Å².